The van der Waals surface area contributed by atoms with Gasteiger partial charge in [-0.25, -0.2) is 14.4 Å². The second-order valence-corrected chi connectivity index (χ2v) is 7.93. The number of unbranched alkanes of at least 4 members (excludes halogenated alkanes) is 1. The highest BCUT2D eigenvalue weighted by Gasteiger charge is 2.24. The first-order valence-electron chi connectivity index (χ1n) is 8.38. The van der Waals surface area contributed by atoms with Crippen molar-refractivity contribution in [2.45, 2.75) is 78.0 Å². The van der Waals surface area contributed by atoms with Crippen molar-refractivity contribution >= 4 is 18.2 Å². The molecular weight excluding hydrogens is 328 g/mol. The Morgan fingerprint density at radius 1 is 1.00 bits per heavy atom. The predicted octanol–water partition coefficient (Wildman–Crippen LogP) is 3.00. The van der Waals surface area contributed by atoms with E-state index in [1.54, 1.807) is 48.6 Å². The van der Waals surface area contributed by atoms with Crippen molar-refractivity contribution in [1.29, 1.82) is 0 Å². The first kappa shape index (κ1) is 23.0. The number of amides is 2. The molecule has 25 heavy (non-hydrogen) atoms. The van der Waals surface area contributed by atoms with Gasteiger partial charge in [-0.2, -0.15) is 0 Å². The number of alkyl carbamates (subject to hydrolysis) is 1. The smallest absolute Gasteiger partial charge is 0.410 e. The van der Waals surface area contributed by atoms with Gasteiger partial charge in [-0.15, -0.1) is 0 Å². The standard InChI is InChI=1S/C17H32N2O6/c1-16(2,3)24-14(22)18-12(13(20)21)10-8-9-11-19(7)15(23)25-17(4,5)6/h12H,8-11H2,1-7H3,(H,18,22)(H,20,21)/t12-/m0/s1. The molecule has 0 aromatic rings. The number of aliphatic carboxylic acids is 1. The molecule has 8 nitrogen and oxygen atoms in total. The number of rotatable bonds is 7. The number of carboxylic acid groups (broad SMARTS) is 1. The quantitative estimate of drug-likeness (QED) is 0.676. The van der Waals surface area contributed by atoms with Crippen LogP contribution < -0.4 is 5.32 Å². The lowest BCUT2D eigenvalue weighted by molar-refractivity contribution is -0.139. The number of nitrogens with one attached hydrogen (secondary N) is 1. The van der Waals surface area contributed by atoms with E-state index in [2.05, 4.69) is 5.32 Å². The molecule has 0 aliphatic rings. The van der Waals surface area contributed by atoms with E-state index in [4.69, 9.17) is 9.47 Å². The fourth-order valence-electron chi connectivity index (χ4n) is 1.84. The lowest BCUT2D eigenvalue weighted by atomic mass is 10.1. The van der Waals surface area contributed by atoms with E-state index in [1.807, 2.05) is 0 Å². The van der Waals surface area contributed by atoms with Gasteiger partial charge in [0.05, 0.1) is 0 Å². The minimum absolute atomic E-state index is 0.247. The average Bonchev–Trinajstić information content (AvgIpc) is 2.37. The van der Waals surface area contributed by atoms with Gasteiger partial charge in [0.1, 0.15) is 17.2 Å². The summed E-state index contributed by atoms with van der Waals surface area (Å²) in [5.74, 6) is -1.12. The van der Waals surface area contributed by atoms with E-state index < -0.39 is 35.4 Å². The highest BCUT2D eigenvalue weighted by atomic mass is 16.6. The van der Waals surface area contributed by atoms with E-state index in [-0.39, 0.29) is 6.42 Å². The summed E-state index contributed by atoms with van der Waals surface area (Å²) >= 11 is 0. The number of carbonyl (C=O) groups is 3. The summed E-state index contributed by atoms with van der Waals surface area (Å²) in [5, 5.41) is 11.5. The molecule has 0 rings (SSSR count). The van der Waals surface area contributed by atoms with E-state index >= 15 is 0 Å². The summed E-state index contributed by atoms with van der Waals surface area (Å²) in [5.41, 5.74) is -1.25. The SMILES string of the molecule is CN(CCCC[C@H](NC(=O)OC(C)(C)C)C(=O)O)C(=O)OC(C)(C)C. The second-order valence-electron chi connectivity index (χ2n) is 7.93. The van der Waals surface area contributed by atoms with E-state index in [9.17, 15) is 19.5 Å². The van der Waals surface area contributed by atoms with Gasteiger partial charge in [-0.05, 0) is 60.8 Å². The fourth-order valence-corrected chi connectivity index (χ4v) is 1.84. The number of ether oxygens (including phenoxy) is 2. The maximum absolute atomic E-state index is 11.8. The third-order valence-corrected chi connectivity index (χ3v) is 2.93. The summed E-state index contributed by atoms with van der Waals surface area (Å²) in [4.78, 5) is 36.2. The van der Waals surface area contributed by atoms with Gasteiger partial charge < -0.3 is 24.8 Å². The molecule has 0 bridgehead atoms. The van der Waals surface area contributed by atoms with Crippen LogP contribution in [0.15, 0.2) is 0 Å². The monoisotopic (exact) mass is 360 g/mol. The van der Waals surface area contributed by atoms with Crippen LogP contribution in [0.3, 0.4) is 0 Å². The van der Waals surface area contributed by atoms with Gasteiger partial charge in [0.15, 0.2) is 0 Å². The summed E-state index contributed by atoms with van der Waals surface area (Å²) in [6, 6.07) is -1.03. The zero-order valence-corrected chi connectivity index (χ0v) is 16.3. The molecule has 0 spiro atoms. The largest absolute Gasteiger partial charge is 0.480 e. The number of nitrogens with zero attached hydrogens (tertiary/aromatic N) is 1. The van der Waals surface area contributed by atoms with Crippen LogP contribution in [0.2, 0.25) is 0 Å². The van der Waals surface area contributed by atoms with Crippen molar-refractivity contribution in [2.24, 2.45) is 0 Å². The Kier molecular flexibility index (Phi) is 8.73. The van der Waals surface area contributed by atoms with Crippen molar-refractivity contribution in [3.63, 3.8) is 0 Å². The highest BCUT2D eigenvalue weighted by molar-refractivity contribution is 5.79. The predicted molar refractivity (Wildman–Crippen MR) is 93.5 cm³/mol. The molecule has 0 aliphatic heterocycles. The molecule has 0 unspecified atom stereocenters. The minimum Gasteiger partial charge on any atom is -0.480 e. The van der Waals surface area contributed by atoms with Gasteiger partial charge in [-0.3, -0.25) is 0 Å². The maximum Gasteiger partial charge on any atom is 0.410 e. The van der Waals surface area contributed by atoms with Crippen molar-refractivity contribution in [3.8, 4) is 0 Å². The molecule has 0 fully saturated rings. The number of carbonyl (C=O) groups excluding carboxylic acids is 2. The van der Waals surface area contributed by atoms with Crippen LogP contribution in [0.5, 0.6) is 0 Å². The van der Waals surface area contributed by atoms with Gasteiger partial charge in [0.25, 0.3) is 0 Å². The fraction of sp³-hybridized carbons (Fsp3) is 0.824. The molecule has 0 aliphatic carbocycles. The Balaban J connectivity index is 4.27. The average molecular weight is 360 g/mol. The Bertz CT molecular complexity index is 465. The molecule has 146 valence electrons. The zero-order valence-electron chi connectivity index (χ0n) is 16.3. The molecule has 0 aromatic carbocycles. The number of hydrogen-bond acceptors (Lipinski definition) is 5. The van der Waals surface area contributed by atoms with E-state index in [0.29, 0.717) is 19.4 Å². The van der Waals surface area contributed by atoms with Gasteiger partial charge >= 0.3 is 18.2 Å². The van der Waals surface area contributed by atoms with Crippen LogP contribution in [-0.4, -0.2) is 59.0 Å². The molecule has 8 heteroatoms. The topological polar surface area (TPSA) is 105 Å². The van der Waals surface area contributed by atoms with Crippen LogP contribution in [0.4, 0.5) is 9.59 Å². The normalized spacial score (nSPS) is 12.9. The van der Waals surface area contributed by atoms with Gasteiger partial charge in [0.2, 0.25) is 0 Å². The zero-order chi connectivity index (χ0) is 19.8. The third-order valence-electron chi connectivity index (χ3n) is 2.93. The van der Waals surface area contributed by atoms with Crippen LogP contribution in [0.1, 0.15) is 60.8 Å². The molecule has 0 saturated carbocycles. The molecule has 2 amide bonds. The van der Waals surface area contributed by atoms with Crippen LogP contribution in [-0.2, 0) is 14.3 Å². The van der Waals surface area contributed by atoms with E-state index in [1.165, 1.54) is 4.90 Å². The van der Waals surface area contributed by atoms with Crippen LogP contribution in [0, 0.1) is 0 Å². The number of carboxylic acids is 1. The Morgan fingerprint density at radius 3 is 1.96 bits per heavy atom. The van der Waals surface area contributed by atoms with Crippen LogP contribution >= 0.6 is 0 Å². The molecule has 1 atom stereocenters. The summed E-state index contributed by atoms with van der Waals surface area (Å²) in [7, 11) is 1.63. The highest BCUT2D eigenvalue weighted by Crippen LogP contribution is 2.11. The molecular formula is C17H32N2O6. The van der Waals surface area contributed by atoms with Crippen molar-refractivity contribution in [2.75, 3.05) is 13.6 Å². The Labute approximate surface area is 149 Å². The Morgan fingerprint density at radius 2 is 1.52 bits per heavy atom. The Hall–Kier alpha value is -1.99. The molecule has 0 saturated heterocycles. The molecule has 0 aromatic heterocycles. The van der Waals surface area contributed by atoms with Crippen molar-refractivity contribution in [1.82, 2.24) is 10.2 Å². The minimum atomic E-state index is -1.12. The second kappa shape index (κ2) is 9.48. The maximum atomic E-state index is 11.8. The first-order valence-corrected chi connectivity index (χ1v) is 8.38. The lowest BCUT2D eigenvalue weighted by Gasteiger charge is -2.25. The van der Waals surface area contributed by atoms with Gasteiger partial charge in [0, 0.05) is 13.6 Å². The van der Waals surface area contributed by atoms with Gasteiger partial charge in [-0.1, -0.05) is 0 Å². The molecule has 0 radical (unpaired) electrons. The van der Waals surface area contributed by atoms with Crippen molar-refractivity contribution in [3.05, 3.63) is 0 Å². The van der Waals surface area contributed by atoms with Crippen LogP contribution in [0.25, 0.3) is 0 Å². The van der Waals surface area contributed by atoms with Crippen molar-refractivity contribution < 1.29 is 29.0 Å². The number of hydrogen-bond donors (Lipinski definition) is 2. The van der Waals surface area contributed by atoms with E-state index in [0.717, 1.165) is 0 Å². The molecule has 0 heterocycles. The lowest BCUT2D eigenvalue weighted by Crippen LogP contribution is -2.43. The summed E-state index contributed by atoms with van der Waals surface area (Å²) < 4.78 is 10.3. The molecule has 2 N–H and O–H groups in total. The third kappa shape index (κ3) is 12.1. The summed E-state index contributed by atoms with van der Waals surface area (Å²) in [6.45, 7) is 10.9. The summed E-state index contributed by atoms with van der Waals surface area (Å²) in [6.07, 6.45) is 0.187. The first-order chi connectivity index (χ1) is 11.2.